The maximum Gasteiger partial charge on any atom is 0.0837 e. The lowest BCUT2D eigenvalue weighted by atomic mass is 9.88. The molecule has 0 radical (unpaired) electrons. The Labute approximate surface area is 62.2 Å². The van der Waals surface area contributed by atoms with Gasteiger partial charge in [0, 0.05) is 6.42 Å². The van der Waals surface area contributed by atoms with E-state index in [4.69, 9.17) is 4.74 Å². The smallest absolute Gasteiger partial charge is 0.0837 e. The quantitative estimate of drug-likeness (QED) is 0.603. The molecule has 1 heterocycles. The molecule has 0 aromatic rings. The maximum absolute atomic E-state index is 9.72. The van der Waals surface area contributed by atoms with Crippen molar-refractivity contribution in [1.82, 2.24) is 0 Å². The number of epoxide rings is 1. The van der Waals surface area contributed by atoms with Crippen molar-refractivity contribution in [2.45, 2.75) is 38.9 Å². The molecule has 1 N–H and O–H groups in total. The zero-order chi connectivity index (χ0) is 7.78. The minimum Gasteiger partial charge on any atom is -0.390 e. The Morgan fingerprint density at radius 2 is 2.20 bits per heavy atom. The van der Waals surface area contributed by atoms with Gasteiger partial charge in [0.15, 0.2) is 0 Å². The minimum absolute atomic E-state index is 0.316. The van der Waals surface area contributed by atoms with Crippen molar-refractivity contribution in [2.24, 2.45) is 5.92 Å². The average Bonchev–Trinajstić information content (AvgIpc) is 2.48. The average molecular weight is 144 g/mol. The molecule has 0 aromatic heterocycles. The highest BCUT2D eigenvalue weighted by Crippen LogP contribution is 2.27. The highest BCUT2D eigenvalue weighted by molar-refractivity contribution is 4.84. The molecule has 10 heavy (non-hydrogen) atoms. The van der Waals surface area contributed by atoms with Crippen LogP contribution < -0.4 is 0 Å². The molecule has 2 nitrogen and oxygen atoms in total. The summed E-state index contributed by atoms with van der Waals surface area (Å²) in [6.07, 6.45) is 1.11. The van der Waals surface area contributed by atoms with Crippen LogP contribution >= 0.6 is 0 Å². The van der Waals surface area contributed by atoms with Crippen molar-refractivity contribution < 1.29 is 9.84 Å². The molecule has 1 rings (SSSR count). The van der Waals surface area contributed by atoms with Crippen LogP contribution in [0.2, 0.25) is 0 Å². The zero-order valence-corrected chi connectivity index (χ0v) is 6.92. The number of aliphatic hydroxyl groups is 1. The first-order valence-electron chi connectivity index (χ1n) is 3.86. The Morgan fingerprint density at radius 3 is 2.50 bits per heavy atom. The van der Waals surface area contributed by atoms with Crippen LogP contribution in [0.5, 0.6) is 0 Å². The van der Waals surface area contributed by atoms with Gasteiger partial charge in [-0.1, -0.05) is 13.8 Å². The largest absolute Gasteiger partial charge is 0.390 e. The Hall–Kier alpha value is -0.0800. The van der Waals surface area contributed by atoms with Crippen LogP contribution in [0.25, 0.3) is 0 Å². The maximum atomic E-state index is 9.72. The molecule has 0 saturated carbocycles. The van der Waals surface area contributed by atoms with Gasteiger partial charge in [-0.25, -0.2) is 0 Å². The van der Waals surface area contributed by atoms with E-state index in [9.17, 15) is 5.11 Å². The van der Waals surface area contributed by atoms with E-state index in [0.717, 1.165) is 13.0 Å². The van der Waals surface area contributed by atoms with Crippen molar-refractivity contribution in [3.63, 3.8) is 0 Å². The first-order valence-corrected chi connectivity index (χ1v) is 3.86. The van der Waals surface area contributed by atoms with Gasteiger partial charge in [0.1, 0.15) is 0 Å². The fourth-order valence-electron chi connectivity index (χ4n) is 0.883. The molecule has 0 unspecified atom stereocenters. The third-order valence-electron chi connectivity index (χ3n) is 2.29. The molecule has 0 amide bonds. The topological polar surface area (TPSA) is 32.8 Å². The van der Waals surface area contributed by atoms with Crippen LogP contribution in [-0.2, 0) is 4.74 Å². The normalized spacial score (nSPS) is 30.3. The summed E-state index contributed by atoms with van der Waals surface area (Å²) in [5, 5.41) is 9.72. The number of rotatable bonds is 3. The van der Waals surface area contributed by atoms with E-state index in [1.165, 1.54) is 0 Å². The highest BCUT2D eigenvalue weighted by atomic mass is 16.6. The molecule has 1 saturated heterocycles. The molecule has 0 bridgehead atoms. The molecule has 0 aliphatic carbocycles. The summed E-state index contributed by atoms with van der Waals surface area (Å²) >= 11 is 0. The number of ether oxygens (including phenoxy) is 1. The molecule has 1 aliphatic rings. The van der Waals surface area contributed by atoms with Crippen LogP contribution in [0.15, 0.2) is 0 Å². The third kappa shape index (κ3) is 1.96. The Balaban J connectivity index is 2.33. The third-order valence-corrected chi connectivity index (χ3v) is 2.29. The van der Waals surface area contributed by atoms with Gasteiger partial charge in [0.2, 0.25) is 0 Å². The van der Waals surface area contributed by atoms with Crippen LogP contribution in [0.1, 0.15) is 27.2 Å². The summed E-state index contributed by atoms with van der Waals surface area (Å²) in [6, 6.07) is 0. The van der Waals surface area contributed by atoms with Crippen molar-refractivity contribution in [3.05, 3.63) is 0 Å². The van der Waals surface area contributed by atoms with E-state index in [-0.39, 0.29) is 0 Å². The van der Waals surface area contributed by atoms with Crippen LogP contribution in [0.4, 0.5) is 0 Å². The first-order chi connectivity index (χ1) is 4.52. The lowest BCUT2D eigenvalue weighted by molar-refractivity contribution is -0.000837. The van der Waals surface area contributed by atoms with Gasteiger partial charge in [0.05, 0.1) is 18.3 Å². The van der Waals surface area contributed by atoms with Crippen molar-refractivity contribution in [2.75, 3.05) is 6.61 Å². The molecule has 1 aliphatic heterocycles. The van der Waals surface area contributed by atoms with Gasteiger partial charge in [-0.15, -0.1) is 0 Å². The van der Waals surface area contributed by atoms with E-state index in [2.05, 4.69) is 0 Å². The standard InChI is InChI=1S/C8H16O2/c1-6(2)8(3,9)4-7-5-10-7/h6-7,9H,4-5H2,1-3H3/t7-,8-/m0/s1. The van der Waals surface area contributed by atoms with Gasteiger partial charge >= 0.3 is 0 Å². The van der Waals surface area contributed by atoms with Gasteiger partial charge in [-0.2, -0.15) is 0 Å². The molecule has 2 heteroatoms. The van der Waals surface area contributed by atoms with Gasteiger partial charge < -0.3 is 9.84 Å². The fraction of sp³-hybridized carbons (Fsp3) is 1.00. The second-order valence-electron chi connectivity index (χ2n) is 3.67. The summed E-state index contributed by atoms with van der Waals surface area (Å²) < 4.78 is 5.03. The molecular weight excluding hydrogens is 128 g/mol. The van der Waals surface area contributed by atoms with E-state index in [1.807, 2.05) is 20.8 Å². The van der Waals surface area contributed by atoms with E-state index in [0.29, 0.717) is 12.0 Å². The predicted molar refractivity (Wildman–Crippen MR) is 39.8 cm³/mol. The Kier molecular flexibility index (Phi) is 2.02. The Bertz CT molecular complexity index is 114. The van der Waals surface area contributed by atoms with E-state index in [1.54, 1.807) is 0 Å². The molecule has 60 valence electrons. The van der Waals surface area contributed by atoms with E-state index >= 15 is 0 Å². The Morgan fingerprint density at radius 1 is 1.70 bits per heavy atom. The van der Waals surface area contributed by atoms with Gasteiger partial charge in [-0.3, -0.25) is 0 Å². The van der Waals surface area contributed by atoms with Gasteiger partial charge in [-0.05, 0) is 12.8 Å². The summed E-state index contributed by atoms with van der Waals surface area (Å²) in [4.78, 5) is 0. The highest BCUT2D eigenvalue weighted by Gasteiger charge is 2.34. The molecule has 0 aromatic carbocycles. The van der Waals surface area contributed by atoms with Gasteiger partial charge in [0.25, 0.3) is 0 Å². The zero-order valence-electron chi connectivity index (χ0n) is 6.92. The second kappa shape index (κ2) is 2.51. The molecule has 0 spiro atoms. The molecule has 2 atom stereocenters. The van der Waals surface area contributed by atoms with Crippen molar-refractivity contribution >= 4 is 0 Å². The minimum atomic E-state index is -0.541. The fourth-order valence-corrected chi connectivity index (χ4v) is 0.883. The lowest BCUT2D eigenvalue weighted by Crippen LogP contribution is -2.32. The monoisotopic (exact) mass is 144 g/mol. The van der Waals surface area contributed by atoms with E-state index < -0.39 is 5.60 Å². The summed E-state index contributed by atoms with van der Waals surface area (Å²) in [5.41, 5.74) is -0.541. The van der Waals surface area contributed by atoms with Crippen molar-refractivity contribution in [1.29, 1.82) is 0 Å². The second-order valence-corrected chi connectivity index (χ2v) is 3.67. The predicted octanol–water partition coefficient (Wildman–Crippen LogP) is 1.18. The summed E-state index contributed by atoms with van der Waals surface area (Å²) in [6.45, 7) is 6.77. The first kappa shape index (κ1) is 8.02. The van der Waals surface area contributed by atoms with Crippen LogP contribution in [-0.4, -0.2) is 23.4 Å². The molecule has 1 fully saturated rings. The van der Waals surface area contributed by atoms with Crippen molar-refractivity contribution in [3.8, 4) is 0 Å². The molecular formula is C8H16O2. The number of hydrogen-bond acceptors (Lipinski definition) is 2. The lowest BCUT2D eigenvalue weighted by Gasteiger charge is -2.26. The SMILES string of the molecule is CC(C)[C@@](C)(O)C[C@H]1CO1. The van der Waals surface area contributed by atoms with Crippen LogP contribution in [0.3, 0.4) is 0 Å². The summed E-state index contributed by atoms with van der Waals surface area (Å²) in [5.74, 6) is 0.316. The number of hydrogen-bond donors (Lipinski definition) is 1. The van der Waals surface area contributed by atoms with Crippen LogP contribution in [0, 0.1) is 5.92 Å². The summed E-state index contributed by atoms with van der Waals surface area (Å²) in [7, 11) is 0.